The van der Waals surface area contributed by atoms with Crippen LogP contribution in [-0.4, -0.2) is 24.2 Å². The van der Waals surface area contributed by atoms with Crippen LogP contribution in [0.2, 0.25) is 0 Å². The van der Waals surface area contributed by atoms with E-state index in [0.29, 0.717) is 0 Å². The van der Waals surface area contributed by atoms with Crippen molar-refractivity contribution < 1.29 is 31.8 Å². The number of carbonyl (C=O) groups excluding carboxylic acids is 1. The fourth-order valence-electron chi connectivity index (χ4n) is 0.342. The molecule has 11 heavy (non-hydrogen) atoms. The van der Waals surface area contributed by atoms with Gasteiger partial charge in [0.05, 0.1) is 7.11 Å². The number of carboxylic acids is 1. The summed E-state index contributed by atoms with van der Waals surface area (Å²) in [7, 11) is 1.16. The van der Waals surface area contributed by atoms with E-state index in [4.69, 9.17) is 5.11 Å². The van der Waals surface area contributed by atoms with Crippen molar-refractivity contribution in [1.29, 1.82) is 0 Å². The molecule has 4 nitrogen and oxygen atoms in total. The van der Waals surface area contributed by atoms with Crippen LogP contribution in [0.25, 0.3) is 0 Å². The number of esters is 1. The number of carboxylic acid groups (broad SMARTS) is 1. The Morgan fingerprint density at radius 2 is 1.73 bits per heavy atom. The SMILES string of the molecule is COC(=O)C(C)(C)C(=O)O.[Cl-]. The lowest BCUT2D eigenvalue weighted by atomic mass is 9.94. The molecule has 1 N–H and O–H groups in total. The van der Waals surface area contributed by atoms with Crippen molar-refractivity contribution >= 4 is 11.9 Å². The highest BCUT2D eigenvalue weighted by molar-refractivity contribution is 5.98. The zero-order valence-corrected chi connectivity index (χ0v) is 7.31. The van der Waals surface area contributed by atoms with Crippen LogP contribution < -0.4 is 12.4 Å². The number of hydrogen-bond acceptors (Lipinski definition) is 3. The Hall–Kier alpha value is -0.770. The summed E-state index contributed by atoms with van der Waals surface area (Å²) in [6, 6.07) is 0. The van der Waals surface area contributed by atoms with E-state index in [1.165, 1.54) is 13.8 Å². The number of methoxy groups -OCH3 is 1. The van der Waals surface area contributed by atoms with E-state index < -0.39 is 17.4 Å². The maximum absolute atomic E-state index is 10.7. The van der Waals surface area contributed by atoms with Crippen LogP contribution in [0.15, 0.2) is 0 Å². The van der Waals surface area contributed by atoms with E-state index >= 15 is 0 Å². The largest absolute Gasteiger partial charge is 1.00 e. The van der Waals surface area contributed by atoms with Crippen LogP contribution >= 0.6 is 0 Å². The van der Waals surface area contributed by atoms with E-state index in [2.05, 4.69) is 4.74 Å². The molecule has 0 saturated carbocycles. The Morgan fingerprint density at radius 1 is 1.36 bits per heavy atom. The van der Waals surface area contributed by atoms with Crippen LogP contribution in [0.1, 0.15) is 13.8 Å². The number of hydrogen-bond donors (Lipinski definition) is 1. The van der Waals surface area contributed by atoms with Crippen molar-refractivity contribution in [3.8, 4) is 0 Å². The number of rotatable bonds is 2. The lowest BCUT2D eigenvalue weighted by molar-refractivity contribution is -0.164. The van der Waals surface area contributed by atoms with Gasteiger partial charge in [-0.1, -0.05) is 0 Å². The van der Waals surface area contributed by atoms with Gasteiger partial charge < -0.3 is 22.3 Å². The molecule has 0 atom stereocenters. The van der Waals surface area contributed by atoms with Crippen molar-refractivity contribution in [2.75, 3.05) is 7.11 Å². The van der Waals surface area contributed by atoms with Crippen molar-refractivity contribution in [2.45, 2.75) is 13.8 Å². The average molecular weight is 182 g/mol. The molecule has 0 aromatic rings. The second kappa shape index (κ2) is 4.18. The predicted octanol–water partition coefficient (Wildman–Crippen LogP) is -2.73. The molecule has 0 fully saturated rings. The third-order valence-corrected chi connectivity index (χ3v) is 1.23. The van der Waals surface area contributed by atoms with Crippen molar-refractivity contribution in [3.05, 3.63) is 0 Å². The molecule has 66 valence electrons. The molecule has 0 bridgehead atoms. The van der Waals surface area contributed by atoms with Crippen LogP contribution in [0, 0.1) is 5.41 Å². The van der Waals surface area contributed by atoms with Gasteiger partial charge in [-0.3, -0.25) is 9.59 Å². The maximum Gasteiger partial charge on any atom is 0.322 e. The number of ether oxygens (including phenoxy) is 1. The molecule has 0 spiro atoms. The summed E-state index contributed by atoms with van der Waals surface area (Å²) in [6.45, 7) is 2.59. The van der Waals surface area contributed by atoms with E-state index in [9.17, 15) is 9.59 Å². The molecule has 0 saturated heterocycles. The molecule has 5 heteroatoms. The first-order chi connectivity index (χ1) is 4.42. The number of carbonyl (C=O) groups is 2. The monoisotopic (exact) mass is 181 g/mol. The second-order valence-electron chi connectivity index (χ2n) is 2.42. The Balaban J connectivity index is 0. The maximum atomic E-state index is 10.7. The Morgan fingerprint density at radius 3 is 1.82 bits per heavy atom. The first-order valence-corrected chi connectivity index (χ1v) is 2.74. The molecule has 0 aromatic carbocycles. The number of halogens is 1. The average Bonchev–Trinajstić information content (AvgIpc) is 1.86. The first kappa shape index (κ1) is 12.9. The fourth-order valence-corrected chi connectivity index (χ4v) is 0.342. The Bertz CT molecular complexity index is 164. The molecule has 0 aliphatic rings. The van der Waals surface area contributed by atoms with Gasteiger partial charge in [0.25, 0.3) is 0 Å². The lowest BCUT2D eigenvalue weighted by Gasteiger charge is -2.14. The van der Waals surface area contributed by atoms with Crippen LogP contribution in [-0.2, 0) is 14.3 Å². The highest BCUT2D eigenvalue weighted by atomic mass is 35.5. The van der Waals surface area contributed by atoms with Gasteiger partial charge in [-0.05, 0) is 13.8 Å². The van der Waals surface area contributed by atoms with E-state index in [0.717, 1.165) is 7.11 Å². The molecule has 0 aromatic heterocycles. The van der Waals surface area contributed by atoms with Gasteiger partial charge in [0, 0.05) is 0 Å². The summed E-state index contributed by atoms with van der Waals surface area (Å²) in [5, 5.41) is 8.44. The van der Waals surface area contributed by atoms with Crippen molar-refractivity contribution in [1.82, 2.24) is 0 Å². The summed E-state index contributed by atoms with van der Waals surface area (Å²) in [5.41, 5.74) is -1.44. The highest BCUT2D eigenvalue weighted by Gasteiger charge is 2.36. The van der Waals surface area contributed by atoms with Crippen LogP contribution in [0.4, 0.5) is 0 Å². The van der Waals surface area contributed by atoms with Gasteiger partial charge in [-0.15, -0.1) is 0 Å². The highest BCUT2D eigenvalue weighted by Crippen LogP contribution is 2.16. The lowest BCUT2D eigenvalue weighted by Crippen LogP contribution is -3.00. The normalized spacial score (nSPS) is 9.73. The smallest absolute Gasteiger partial charge is 0.322 e. The summed E-state index contributed by atoms with van der Waals surface area (Å²) in [4.78, 5) is 21.0. The predicted molar refractivity (Wildman–Crippen MR) is 33.4 cm³/mol. The molecule has 0 aliphatic heterocycles. The topological polar surface area (TPSA) is 63.6 Å². The van der Waals surface area contributed by atoms with Gasteiger partial charge in [-0.25, -0.2) is 0 Å². The van der Waals surface area contributed by atoms with Gasteiger partial charge in [0.1, 0.15) is 0 Å². The Kier molecular flexibility index (Phi) is 4.89. The molecule has 0 amide bonds. The van der Waals surface area contributed by atoms with Gasteiger partial charge in [0.2, 0.25) is 0 Å². The van der Waals surface area contributed by atoms with Crippen molar-refractivity contribution in [3.63, 3.8) is 0 Å². The quantitative estimate of drug-likeness (QED) is 0.371. The minimum Gasteiger partial charge on any atom is -1.00 e. The standard InChI is InChI=1S/C6H10O4.ClH/c1-6(2,4(7)8)5(9)10-3;/h1-3H3,(H,7,8);1H/p-1. The van der Waals surface area contributed by atoms with Gasteiger partial charge in [0.15, 0.2) is 5.41 Å². The summed E-state index contributed by atoms with van der Waals surface area (Å²) >= 11 is 0. The summed E-state index contributed by atoms with van der Waals surface area (Å²) < 4.78 is 4.26. The minimum absolute atomic E-state index is 0. The van der Waals surface area contributed by atoms with E-state index in [1.54, 1.807) is 0 Å². The number of aliphatic carboxylic acids is 1. The van der Waals surface area contributed by atoms with E-state index in [1.807, 2.05) is 0 Å². The third-order valence-electron chi connectivity index (χ3n) is 1.23. The van der Waals surface area contributed by atoms with Crippen LogP contribution in [0.3, 0.4) is 0 Å². The molecule has 0 rings (SSSR count). The minimum atomic E-state index is -1.44. The summed E-state index contributed by atoms with van der Waals surface area (Å²) in [5.74, 6) is -1.92. The third kappa shape index (κ3) is 2.76. The van der Waals surface area contributed by atoms with E-state index in [-0.39, 0.29) is 12.4 Å². The second-order valence-corrected chi connectivity index (χ2v) is 2.42. The zero-order valence-electron chi connectivity index (χ0n) is 6.55. The molecule has 0 aliphatic carbocycles. The fraction of sp³-hybridized carbons (Fsp3) is 0.667. The van der Waals surface area contributed by atoms with Crippen LogP contribution in [0.5, 0.6) is 0 Å². The molecule has 0 radical (unpaired) electrons. The zero-order chi connectivity index (χ0) is 8.36. The molecular weight excluding hydrogens is 172 g/mol. The molecule has 0 unspecified atom stereocenters. The van der Waals surface area contributed by atoms with Gasteiger partial charge in [-0.2, -0.15) is 0 Å². The first-order valence-electron chi connectivity index (χ1n) is 2.74. The Labute approximate surface area is 70.9 Å². The van der Waals surface area contributed by atoms with Crippen molar-refractivity contribution in [2.24, 2.45) is 5.41 Å². The summed E-state index contributed by atoms with van der Waals surface area (Å²) in [6.07, 6.45) is 0. The van der Waals surface area contributed by atoms with Gasteiger partial charge >= 0.3 is 11.9 Å². The molecular formula is C6H10ClO4-. The molecule has 0 heterocycles.